The number of rotatable bonds is 5. The van der Waals surface area contributed by atoms with E-state index in [0.717, 1.165) is 5.56 Å². The fourth-order valence-corrected chi connectivity index (χ4v) is 3.28. The van der Waals surface area contributed by atoms with Crippen molar-refractivity contribution < 1.29 is 18.7 Å². The van der Waals surface area contributed by atoms with E-state index in [2.05, 4.69) is 10.3 Å². The lowest BCUT2D eigenvalue weighted by atomic mass is 9.95. The van der Waals surface area contributed by atoms with Crippen molar-refractivity contribution in [2.45, 2.75) is 45.9 Å². The van der Waals surface area contributed by atoms with Gasteiger partial charge in [-0.15, -0.1) is 0 Å². The third-order valence-electron chi connectivity index (χ3n) is 4.44. The Balaban J connectivity index is 2.19. The van der Waals surface area contributed by atoms with Gasteiger partial charge < -0.3 is 14.8 Å². The predicted molar refractivity (Wildman–Crippen MR) is 113 cm³/mol. The van der Waals surface area contributed by atoms with Gasteiger partial charge in [-0.1, -0.05) is 6.07 Å². The molecule has 30 heavy (non-hydrogen) atoms. The highest BCUT2D eigenvalue weighted by Gasteiger charge is 2.24. The van der Waals surface area contributed by atoms with Crippen LogP contribution in [0.1, 0.15) is 45.0 Å². The van der Waals surface area contributed by atoms with E-state index >= 15 is 0 Å². The molecular formula is C23H26FN3O3. The maximum atomic E-state index is 14.0. The zero-order valence-electron chi connectivity index (χ0n) is 17.8. The molecule has 6 nitrogen and oxygen atoms in total. The molecule has 0 aliphatic rings. The summed E-state index contributed by atoms with van der Waals surface area (Å²) in [5.41, 5.74) is 2.72. The van der Waals surface area contributed by atoms with Crippen LogP contribution in [0.2, 0.25) is 0 Å². The van der Waals surface area contributed by atoms with Gasteiger partial charge in [0.1, 0.15) is 11.4 Å². The lowest BCUT2D eigenvalue weighted by Crippen LogP contribution is -2.34. The number of methoxy groups -OCH3 is 1. The summed E-state index contributed by atoms with van der Waals surface area (Å²) in [6, 6.07) is 9.48. The first-order chi connectivity index (χ1) is 14.2. The highest BCUT2D eigenvalue weighted by atomic mass is 19.1. The SMILES string of the molecule is COCc1c(-c2ccccn2)c(C(C)NC(=O)OC(C)(C)C)nc2ccc(F)cc12. The van der Waals surface area contributed by atoms with Crippen LogP contribution in [0.5, 0.6) is 0 Å². The lowest BCUT2D eigenvalue weighted by Gasteiger charge is -2.24. The molecule has 0 radical (unpaired) electrons. The Morgan fingerprint density at radius 2 is 2.00 bits per heavy atom. The molecule has 0 aliphatic carbocycles. The average molecular weight is 411 g/mol. The molecule has 1 N–H and O–H groups in total. The number of alkyl carbamates (subject to hydrolysis) is 1. The highest BCUT2D eigenvalue weighted by molar-refractivity contribution is 5.89. The first-order valence-corrected chi connectivity index (χ1v) is 9.71. The normalized spacial score (nSPS) is 12.6. The van der Waals surface area contributed by atoms with Crippen molar-refractivity contribution in [3.8, 4) is 11.3 Å². The van der Waals surface area contributed by atoms with Gasteiger partial charge >= 0.3 is 6.09 Å². The van der Waals surface area contributed by atoms with Gasteiger partial charge in [0, 0.05) is 24.3 Å². The van der Waals surface area contributed by atoms with Crippen LogP contribution < -0.4 is 5.32 Å². The number of fused-ring (bicyclic) bond motifs is 1. The van der Waals surface area contributed by atoms with E-state index < -0.39 is 17.7 Å². The summed E-state index contributed by atoms with van der Waals surface area (Å²) < 4.78 is 24.8. The van der Waals surface area contributed by atoms with E-state index in [9.17, 15) is 9.18 Å². The molecule has 0 bridgehead atoms. The molecule has 0 spiro atoms. The zero-order valence-corrected chi connectivity index (χ0v) is 17.8. The third kappa shape index (κ3) is 4.91. The Kier molecular flexibility index (Phi) is 6.31. The van der Waals surface area contributed by atoms with Crippen molar-refractivity contribution >= 4 is 17.0 Å². The van der Waals surface area contributed by atoms with Crippen molar-refractivity contribution in [3.05, 3.63) is 59.7 Å². The largest absolute Gasteiger partial charge is 0.444 e. The molecule has 2 aromatic heterocycles. The number of nitrogens with one attached hydrogen (secondary N) is 1. The Bertz CT molecular complexity index is 1050. The average Bonchev–Trinajstić information content (AvgIpc) is 2.67. The molecule has 0 saturated heterocycles. The Morgan fingerprint density at radius 1 is 1.23 bits per heavy atom. The summed E-state index contributed by atoms with van der Waals surface area (Å²) in [5.74, 6) is -0.360. The number of hydrogen-bond donors (Lipinski definition) is 1. The van der Waals surface area contributed by atoms with E-state index in [0.29, 0.717) is 27.9 Å². The summed E-state index contributed by atoms with van der Waals surface area (Å²) in [5, 5.41) is 3.49. The summed E-state index contributed by atoms with van der Waals surface area (Å²) >= 11 is 0. The second-order valence-electron chi connectivity index (χ2n) is 8.03. The van der Waals surface area contributed by atoms with Crippen LogP contribution in [0.15, 0.2) is 42.6 Å². The number of amides is 1. The molecule has 7 heteroatoms. The van der Waals surface area contributed by atoms with E-state index in [-0.39, 0.29) is 12.4 Å². The number of benzene rings is 1. The molecule has 0 fully saturated rings. The van der Waals surface area contributed by atoms with Gasteiger partial charge in [-0.25, -0.2) is 14.2 Å². The van der Waals surface area contributed by atoms with Crippen LogP contribution in [0.4, 0.5) is 9.18 Å². The maximum Gasteiger partial charge on any atom is 0.408 e. The van der Waals surface area contributed by atoms with Crippen LogP contribution in [-0.4, -0.2) is 28.8 Å². The molecular weight excluding hydrogens is 385 g/mol. The van der Waals surface area contributed by atoms with Gasteiger partial charge in [-0.05, 0) is 63.6 Å². The number of hydrogen-bond acceptors (Lipinski definition) is 5. The van der Waals surface area contributed by atoms with Crippen LogP contribution in [-0.2, 0) is 16.1 Å². The summed E-state index contributed by atoms with van der Waals surface area (Å²) in [7, 11) is 1.58. The minimum absolute atomic E-state index is 0.237. The number of pyridine rings is 2. The molecule has 3 rings (SSSR count). The van der Waals surface area contributed by atoms with Gasteiger partial charge in [-0.3, -0.25) is 4.98 Å². The number of aromatic nitrogens is 2. The molecule has 1 aromatic carbocycles. The Morgan fingerprint density at radius 3 is 2.63 bits per heavy atom. The van der Waals surface area contributed by atoms with Crippen LogP contribution in [0.3, 0.4) is 0 Å². The smallest absolute Gasteiger partial charge is 0.408 e. The lowest BCUT2D eigenvalue weighted by molar-refractivity contribution is 0.0507. The topological polar surface area (TPSA) is 73.3 Å². The minimum atomic E-state index is -0.622. The molecule has 158 valence electrons. The van der Waals surface area contributed by atoms with Crippen molar-refractivity contribution in [2.75, 3.05) is 7.11 Å². The van der Waals surface area contributed by atoms with Crippen molar-refractivity contribution in [1.29, 1.82) is 0 Å². The number of halogens is 1. The monoisotopic (exact) mass is 411 g/mol. The first kappa shape index (κ1) is 21.6. The van der Waals surface area contributed by atoms with Crippen LogP contribution >= 0.6 is 0 Å². The van der Waals surface area contributed by atoms with E-state index in [1.165, 1.54) is 12.1 Å². The maximum absolute atomic E-state index is 14.0. The molecule has 1 atom stereocenters. The van der Waals surface area contributed by atoms with Gasteiger partial charge in [0.2, 0.25) is 0 Å². The van der Waals surface area contributed by atoms with Gasteiger partial charge in [0.15, 0.2) is 0 Å². The Labute approximate surface area is 175 Å². The molecule has 2 heterocycles. The van der Waals surface area contributed by atoms with Gasteiger partial charge in [0.05, 0.1) is 29.6 Å². The highest BCUT2D eigenvalue weighted by Crippen LogP contribution is 2.35. The first-order valence-electron chi connectivity index (χ1n) is 9.71. The second-order valence-corrected chi connectivity index (χ2v) is 8.03. The van der Waals surface area contributed by atoms with Crippen molar-refractivity contribution in [1.82, 2.24) is 15.3 Å². The third-order valence-corrected chi connectivity index (χ3v) is 4.44. The number of nitrogens with zero attached hydrogens (tertiary/aromatic N) is 2. The predicted octanol–water partition coefficient (Wildman–Crippen LogP) is 5.17. The number of carbonyl (C=O) groups is 1. The van der Waals surface area contributed by atoms with Crippen molar-refractivity contribution in [3.63, 3.8) is 0 Å². The fourth-order valence-electron chi connectivity index (χ4n) is 3.28. The molecule has 1 unspecified atom stereocenters. The summed E-state index contributed by atoms with van der Waals surface area (Å²) in [4.78, 5) is 21.6. The van der Waals surface area contributed by atoms with Gasteiger partial charge in [-0.2, -0.15) is 0 Å². The number of carbonyl (C=O) groups excluding carboxylic acids is 1. The minimum Gasteiger partial charge on any atom is -0.444 e. The Hall–Kier alpha value is -3.06. The standard InChI is InChI=1S/C23H26FN3O3/c1-14(26-22(28)30-23(2,3)4)21-20(19-8-6-7-11-25-19)17(13-29-5)16-12-15(24)9-10-18(16)27-21/h6-12,14H,13H2,1-5H3,(H,26,28). The fraction of sp³-hybridized carbons (Fsp3) is 0.348. The van der Waals surface area contributed by atoms with Crippen LogP contribution in [0.25, 0.3) is 22.2 Å². The zero-order chi connectivity index (χ0) is 21.9. The van der Waals surface area contributed by atoms with Gasteiger partial charge in [0.25, 0.3) is 0 Å². The van der Waals surface area contributed by atoms with Crippen LogP contribution in [0, 0.1) is 5.82 Å². The van der Waals surface area contributed by atoms with E-state index in [1.54, 1.807) is 40.1 Å². The molecule has 3 aromatic rings. The summed E-state index contributed by atoms with van der Waals surface area (Å²) in [6.45, 7) is 7.47. The molecule has 0 saturated carbocycles. The molecule has 1 amide bonds. The van der Waals surface area contributed by atoms with E-state index in [1.807, 2.05) is 25.1 Å². The molecule has 0 aliphatic heterocycles. The number of ether oxygens (including phenoxy) is 2. The summed E-state index contributed by atoms with van der Waals surface area (Å²) in [6.07, 6.45) is 1.13. The van der Waals surface area contributed by atoms with E-state index in [4.69, 9.17) is 14.5 Å². The van der Waals surface area contributed by atoms with Crippen molar-refractivity contribution in [2.24, 2.45) is 0 Å². The quantitative estimate of drug-likeness (QED) is 0.627. The second kappa shape index (κ2) is 8.75.